The molecule has 1 amide bonds. The normalized spacial score (nSPS) is 11.6. The number of hydrogen-bond acceptors (Lipinski definition) is 7. The molecule has 11 heteroatoms. The lowest BCUT2D eigenvalue weighted by molar-refractivity contribution is -0.385. The molecule has 0 fully saturated rings. The van der Waals surface area contributed by atoms with E-state index in [1.54, 1.807) is 42.5 Å². The smallest absolute Gasteiger partial charge is 0.311 e. The van der Waals surface area contributed by atoms with Crippen LogP contribution < -0.4 is 15.6 Å². The Labute approximate surface area is 226 Å². The van der Waals surface area contributed by atoms with Crippen LogP contribution in [0.3, 0.4) is 0 Å². The standard InChI is InChI=1S/C27H24BrN5O5/c1-27(2,3)26-31-21-11-10-18(28)14-20(21)25(35)32(26)29-15-17-9-12-23(22(13-17)33(36)37)38-16-24(34)30-19-7-5-4-6-8-19/h4-15H,16H2,1-3H3,(H,30,34). The van der Waals surface area contributed by atoms with Crippen LogP contribution in [0.1, 0.15) is 32.2 Å². The molecule has 0 aliphatic heterocycles. The number of para-hydroxylation sites is 1. The van der Waals surface area contributed by atoms with E-state index in [1.165, 1.54) is 23.0 Å². The second kappa shape index (κ2) is 10.9. The number of nitro groups is 1. The number of nitrogens with zero attached hydrogens (tertiary/aromatic N) is 4. The number of rotatable bonds is 7. The van der Waals surface area contributed by atoms with Crippen LogP contribution in [0.4, 0.5) is 11.4 Å². The van der Waals surface area contributed by atoms with E-state index in [9.17, 15) is 19.7 Å². The number of carbonyl (C=O) groups excluding carboxylic acids is 1. The van der Waals surface area contributed by atoms with Crippen molar-refractivity contribution in [2.75, 3.05) is 11.9 Å². The average molecular weight is 578 g/mol. The van der Waals surface area contributed by atoms with Crippen molar-refractivity contribution in [1.29, 1.82) is 0 Å². The third-order valence-electron chi connectivity index (χ3n) is 5.40. The highest BCUT2D eigenvalue weighted by Gasteiger charge is 2.23. The Morgan fingerprint density at radius 3 is 2.58 bits per heavy atom. The zero-order valence-corrected chi connectivity index (χ0v) is 22.4. The molecule has 0 aliphatic carbocycles. The number of carbonyl (C=O) groups is 1. The Morgan fingerprint density at radius 1 is 1.16 bits per heavy atom. The highest BCUT2D eigenvalue weighted by Crippen LogP contribution is 2.28. The van der Waals surface area contributed by atoms with Crippen LogP contribution in [-0.4, -0.2) is 33.3 Å². The van der Waals surface area contributed by atoms with Gasteiger partial charge in [0.2, 0.25) is 0 Å². The number of nitro benzene ring substituents is 1. The molecule has 4 rings (SSSR count). The molecule has 0 saturated carbocycles. The minimum Gasteiger partial charge on any atom is -0.477 e. The second-order valence-electron chi connectivity index (χ2n) is 9.40. The van der Waals surface area contributed by atoms with E-state index < -0.39 is 22.9 Å². The van der Waals surface area contributed by atoms with E-state index in [4.69, 9.17) is 4.74 Å². The van der Waals surface area contributed by atoms with Crippen LogP contribution in [0, 0.1) is 10.1 Å². The van der Waals surface area contributed by atoms with Gasteiger partial charge in [-0.3, -0.25) is 19.7 Å². The zero-order valence-electron chi connectivity index (χ0n) is 20.8. The average Bonchev–Trinajstić information content (AvgIpc) is 2.87. The Hall–Kier alpha value is -4.38. The van der Waals surface area contributed by atoms with E-state index >= 15 is 0 Å². The van der Waals surface area contributed by atoms with Gasteiger partial charge >= 0.3 is 5.69 Å². The monoisotopic (exact) mass is 577 g/mol. The number of benzene rings is 3. The number of nitrogens with one attached hydrogen (secondary N) is 1. The number of amides is 1. The van der Waals surface area contributed by atoms with Gasteiger partial charge < -0.3 is 10.1 Å². The van der Waals surface area contributed by atoms with E-state index in [2.05, 4.69) is 31.3 Å². The Bertz CT molecular complexity index is 1610. The maximum absolute atomic E-state index is 13.3. The van der Waals surface area contributed by atoms with E-state index in [0.717, 1.165) is 4.47 Å². The van der Waals surface area contributed by atoms with Crippen LogP contribution in [0.2, 0.25) is 0 Å². The van der Waals surface area contributed by atoms with Gasteiger partial charge in [-0.2, -0.15) is 9.78 Å². The van der Waals surface area contributed by atoms with E-state index in [1.807, 2.05) is 32.9 Å². The molecule has 0 unspecified atom stereocenters. The third-order valence-corrected chi connectivity index (χ3v) is 5.89. The van der Waals surface area contributed by atoms with Gasteiger partial charge in [0.25, 0.3) is 11.5 Å². The summed E-state index contributed by atoms with van der Waals surface area (Å²) in [5.74, 6) is -0.0896. The molecule has 0 atom stereocenters. The predicted molar refractivity (Wildman–Crippen MR) is 149 cm³/mol. The van der Waals surface area contributed by atoms with Crippen molar-refractivity contribution in [3.05, 3.63) is 103 Å². The Kier molecular flexibility index (Phi) is 7.67. The number of hydrogen-bond donors (Lipinski definition) is 1. The van der Waals surface area contributed by atoms with Crippen molar-refractivity contribution in [1.82, 2.24) is 9.66 Å². The van der Waals surface area contributed by atoms with Crippen molar-refractivity contribution < 1.29 is 14.5 Å². The lowest BCUT2D eigenvalue weighted by Gasteiger charge is -2.20. The summed E-state index contributed by atoms with van der Waals surface area (Å²) in [7, 11) is 0. The number of ether oxygens (including phenoxy) is 1. The first-order valence-electron chi connectivity index (χ1n) is 11.6. The fourth-order valence-electron chi connectivity index (χ4n) is 3.61. The molecule has 10 nitrogen and oxygen atoms in total. The van der Waals surface area contributed by atoms with Crippen LogP contribution >= 0.6 is 15.9 Å². The summed E-state index contributed by atoms with van der Waals surface area (Å²) in [6.07, 6.45) is 1.35. The summed E-state index contributed by atoms with van der Waals surface area (Å²) in [6, 6.07) is 18.2. The SMILES string of the molecule is CC(C)(C)c1nc2ccc(Br)cc2c(=O)n1N=Cc1ccc(OCC(=O)Nc2ccccc2)c([N+](=O)[O-])c1. The fraction of sp³-hybridized carbons (Fsp3) is 0.185. The first kappa shape index (κ1) is 26.7. The molecule has 0 saturated heterocycles. The lowest BCUT2D eigenvalue weighted by atomic mass is 9.95. The quantitative estimate of drug-likeness (QED) is 0.181. The first-order valence-corrected chi connectivity index (χ1v) is 12.4. The van der Waals surface area contributed by atoms with Crippen molar-refractivity contribution in [3.63, 3.8) is 0 Å². The van der Waals surface area contributed by atoms with Gasteiger partial charge in [0.05, 0.1) is 22.0 Å². The largest absolute Gasteiger partial charge is 0.477 e. The molecule has 0 aliphatic rings. The molecule has 0 radical (unpaired) electrons. The van der Waals surface area contributed by atoms with Gasteiger partial charge in [0, 0.05) is 27.2 Å². The maximum atomic E-state index is 13.3. The Balaban J connectivity index is 1.62. The minimum atomic E-state index is -0.608. The molecule has 1 aromatic heterocycles. The lowest BCUT2D eigenvalue weighted by Crippen LogP contribution is -2.29. The zero-order chi connectivity index (χ0) is 27.4. The first-order chi connectivity index (χ1) is 18.0. The van der Waals surface area contributed by atoms with Crippen LogP contribution in [0.5, 0.6) is 5.75 Å². The van der Waals surface area contributed by atoms with Gasteiger partial charge in [-0.25, -0.2) is 4.98 Å². The highest BCUT2D eigenvalue weighted by atomic mass is 79.9. The topological polar surface area (TPSA) is 129 Å². The summed E-state index contributed by atoms with van der Waals surface area (Å²) in [4.78, 5) is 41.2. The minimum absolute atomic E-state index is 0.0693. The van der Waals surface area contributed by atoms with Crippen molar-refractivity contribution in [2.24, 2.45) is 5.10 Å². The molecule has 4 aromatic rings. The maximum Gasteiger partial charge on any atom is 0.311 e. The molecule has 0 bridgehead atoms. The number of anilines is 1. The van der Waals surface area contributed by atoms with Crippen LogP contribution in [0.25, 0.3) is 10.9 Å². The molecule has 1 N–H and O–H groups in total. The second-order valence-corrected chi connectivity index (χ2v) is 10.3. The van der Waals surface area contributed by atoms with Gasteiger partial charge in [-0.1, -0.05) is 54.9 Å². The summed E-state index contributed by atoms with van der Waals surface area (Å²) < 4.78 is 7.36. The van der Waals surface area contributed by atoms with Crippen LogP contribution in [0.15, 0.2) is 81.1 Å². The highest BCUT2D eigenvalue weighted by molar-refractivity contribution is 9.10. The summed E-state index contributed by atoms with van der Waals surface area (Å²) >= 11 is 3.38. The molecule has 3 aromatic carbocycles. The van der Waals surface area contributed by atoms with Crippen molar-refractivity contribution >= 4 is 50.3 Å². The number of fused-ring (bicyclic) bond motifs is 1. The van der Waals surface area contributed by atoms with Crippen LogP contribution in [-0.2, 0) is 10.2 Å². The molecule has 38 heavy (non-hydrogen) atoms. The van der Waals surface area contributed by atoms with E-state index in [0.29, 0.717) is 28.0 Å². The predicted octanol–water partition coefficient (Wildman–Crippen LogP) is 5.26. The number of aromatic nitrogens is 2. The summed E-state index contributed by atoms with van der Waals surface area (Å²) in [5.41, 5.74) is 0.271. The molecule has 0 spiro atoms. The van der Waals surface area contributed by atoms with E-state index in [-0.39, 0.29) is 17.0 Å². The summed E-state index contributed by atoms with van der Waals surface area (Å²) in [5, 5.41) is 19.1. The molecular formula is C27H24BrN5O5. The van der Waals surface area contributed by atoms with Crippen molar-refractivity contribution in [2.45, 2.75) is 26.2 Å². The van der Waals surface area contributed by atoms with Gasteiger partial charge in [0.1, 0.15) is 5.82 Å². The van der Waals surface area contributed by atoms with Crippen molar-refractivity contribution in [3.8, 4) is 5.75 Å². The summed E-state index contributed by atoms with van der Waals surface area (Å²) in [6.45, 7) is 5.33. The molecule has 194 valence electrons. The molecule has 1 heterocycles. The number of halogens is 1. The third kappa shape index (κ3) is 6.12. The van der Waals surface area contributed by atoms with Gasteiger partial charge in [-0.05, 0) is 42.5 Å². The fourth-order valence-corrected chi connectivity index (χ4v) is 3.97. The van der Waals surface area contributed by atoms with Gasteiger partial charge in [-0.15, -0.1) is 0 Å². The molecular weight excluding hydrogens is 554 g/mol. The van der Waals surface area contributed by atoms with Gasteiger partial charge in [0.15, 0.2) is 12.4 Å². The Morgan fingerprint density at radius 2 is 1.89 bits per heavy atom.